The summed E-state index contributed by atoms with van der Waals surface area (Å²) >= 11 is 1.27. The summed E-state index contributed by atoms with van der Waals surface area (Å²) in [6.07, 6.45) is 0.884. The molecule has 0 spiro atoms. The van der Waals surface area contributed by atoms with Gasteiger partial charge in [0.25, 0.3) is 0 Å². The fourth-order valence-corrected chi connectivity index (χ4v) is 3.29. The standard InChI is InChI=1S/C17H12F2N2OS/c18-11-4-1-3-10(7-11)9-23-17-12-5-2-6-14(19)15(12)13(8-20)16(22)21-17/h1-8,20H,9H2,(H,21,22). The Kier molecular flexibility index (Phi) is 4.25. The molecule has 0 atom stereocenters. The quantitative estimate of drug-likeness (QED) is 0.547. The molecule has 0 radical (unpaired) electrons. The maximum absolute atomic E-state index is 14.1. The van der Waals surface area contributed by atoms with Gasteiger partial charge in [-0.15, -0.1) is 11.8 Å². The Hall–Kier alpha value is -2.47. The summed E-state index contributed by atoms with van der Waals surface area (Å²) in [4.78, 5) is 4.06. The van der Waals surface area contributed by atoms with E-state index in [2.05, 4.69) is 4.98 Å². The van der Waals surface area contributed by atoms with Crippen molar-refractivity contribution >= 4 is 28.7 Å². The summed E-state index contributed by atoms with van der Waals surface area (Å²) in [5.74, 6) is -0.806. The van der Waals surface area contributed by atoms with Crippen molar-refractivity contribution in [3.8, 4) is 5.88 Å². The minimum atomic E-state index is -0.522. The first kappa shape index (κ1) is 15.4. The lowest BCUT2D eigenvalue weighted by Gasteiger charge is -2.10. The van der Waals surface area contributed by atoms with Gasteiger partial charge in [-0.25, -0.2) is 13.8 Å². The molecule has 2 N–H and O–H groups in total. The van der Waals surface area contributed by atoms with E-state index in [9.17, 15) is 13.9 Å². The first-order valence-electron chi connectivity index (χ1n) is 6.79. The fourth-order valence-electron chi connectivity index (χ4n) is 2.33. The Balaban J connectivity index is 2.04. The maximum Gasteiger partial charge on any atom is 0.221 e. The third-order valence-corrected chi connectivity index (χ3v) is 4.43. The van der Waals surface area contributed by atoms with E-state index >= 15 is 0 Å². The van der Waals surface area contributed by atoms with E-state index in [0.29, 0.717) is 16.2 Å². The minimum absolute atomic E-state index is 0.0493. The third-order valence-electron chi connectivity index (χ3n) is 3.37. The number of nitrogens with zero attached hydrogens (tertiary/aromatic N) is 1. The molecule has 0 amide bonds. The average Bonchev–Trinajstić information content (AvgIpc) is 2.53. The summed E-state index contributed by atoms with van der Waals surface area (Å²) in [6.45, 7) is 0. The van der Waals surface area contributed by atoms with Crippen LogP contribution in [0.25, 0.3) is 10.8 Å². The van der Waals surface area contributed by atoms with Gasteiger partial charge < -0.3 is 10.5 Å². The van der Waals surface area contributed by atoms with Gasteiger partial charge in [0.2, 0.25) is 5.88 Å². The van der Waals surface area contributed by atoms with E-state index in [1.165, 1.54) is 30.0 Å². The van der Waals surface area contributed by atoms with E-state index in [1.54, 1.807) is 24.3 Å². The van der Waals surface area contributed by atoms with Gasteiger partial charge >= 0.3 is 0 Å². The fraction of sp³-hybridized carbons (Fsp3) is 0.0588. The molecule has 0 saturated heterocycles. The number of aromatic nitrogens is 1. The lowest BCUT2D eigenvalue weighted by molar-refractivity contribution is 0.449. The molecule has 2 aromatic carbocycles. The maximum atomic E-state index is 14.1. The zero-order valence-electron chi connectivity index (χ0n) is 11.9. The molecule has 6 heteroatoms. The number of pyridine rings is 1. The van der Waals surface area contributed by atoms with Crippen LogP contribution in [0, 0.1) is 17.0 Å². The molecule has 3 nitrogen and oxygen atoms in total. The molecule has 23 heavy (non-hydrogen) atoms. The van der Waals surface area contributed by atoms with Gasteiger partial charge in [0.1, 0.15) is 16.7 Å². The second-order valence-corrected chi connectivity index (χ2v) is 5.84. The number of aromatic hydroxyl groups is 1. The monoisotopic (exact) mass is 330 g/mol. The van der Waals surface area contributed by atoms with Gasteiger partial charge in [-0.2, -0.15) is 0 Å². The Labute approximate surface area is 135 Å². The third kappa shape index (κ3) is 3.03. The molecular formula is C17H12F2N2OS. The minimum Gasteiger partial charge on any atom is -0.493 e. The lowest BCUT2D eigenvalue weighted by Crippen LogP contribution is -1.95. The number of hydrogen-bond acceptors (Lipinski definition) is 4. The van der Waals surface area contributed by atoms with E-state index < -0.39 is 5.82 Å². The van der Waals surface area contributed by atoms with Gasteiger partial charge in [-0.05, 0) is 23.8 Å². The van der Waals surface area contributed by atoms with Crippen molar-refractivity contribution in [1.29, 1.82) is 5.41 Å². The van der Waals surface area contributed by atoms with Crippen LogP contribution in [0.3, 0.4) is 0 Å². The van der Waals surface area contributed by atoms with Gasteiger partial charge in [0.05, 0.1) is 5.56 Å². The SMILES string of the molecule is N=Cc1c(O)nc(SCc2cccc(F)c2)c2cccc(F)c12. The van der Waals surface area contributed by atoms with Gasteiger partial charge in [0.15, 0.2) is 0 Å². The van der Waals surface area contributed by atoms with Crippen molar-refractivity contribution in [3.05, 3.63) is 65.2 Å². The van der Waals surface area contributed by atoms with Crippen LogP contribution in [0.5, 0.6) is 5.88 Å². The molecule has 1 heterocycles. The lowest BCUT2D eigenvalue weighted by atomic mass is 10.1. The molecule has 116 valence electrons. The van der Waals surface area contributed by atoms with Crippen molar-refractivity contribution in [3.63, 3.8) is 0 Å². The molecule has 0 aliphatic carbocycles. The van der Waals surface area contributed by atoms with Crippen molar-refractivity contribution < 1.29 is 13.9 Å². The molecule has 3 aromatic rings. The van der Waals surface area contributed by atoms with Crippen LogP contribution in [0.4, 0.5) is 8.78 Å². The van der Waals surface area contributed by atoms with Crippen LogP contribution < -0.4 is 0 Å². The number of halogens is 2. The van der Waals surface area contributed by atoms with E-state index in [-0.39, 0.29) is 22.6 Å². The Bertz CT molecular complexity index is 899. The topological polar surface area (TPSA) is 57.0 Å². The van der Waals surface area contributed by atoms with Crippen LogP contribution >= 0.6 is 11.8 Å². The van der Waals surface area contributed by atoms with Crippen molar-refractivity contribution in [2.24, 2.45) is 0 Å². The van der Waals surface area contributed by atoms with Gasteiger partial charge in [-0.1, -0.05) is 24.3 Å². The molecule has 0 unspecified atom stereocenters. The molecule has 0 bridgehead atoms. The second kappa shape index (κ2) is 6.34. The average molecular weight is 330 g/mol. The van der Waals surface area contributed by atoms with Crippen LogP contribution in [-0.2, 0) is 5.75 Å². The summed E-state index contributed by atoms with van der Waals surface area (Å²) in [5.41, 5.74) is 0.810. The van der Waals surface area contributed by atoms with Crippen LogP contribution in [-0.4, -0.2) is 16.3 Å². The highest BCUT2D eigenvalue weighted by Crippen LogP contribution is 2.35. The number of hydrogen-bond donors (Lipinski definition) is 2. The first-order valence-corrected chi connectivity index (χ1v) is 7.77. The number of fused-ring (bicyclic) bond motifs is 1. The molecular weight excluding hydrogens is 318 g/mol. The van der Waals surface area contributed by atoms with Crippen molar-refractivity contribution in [2.45, 2.75) is 10.8 Å². The first-order chi connectivity index (χ1) is 11.1. The molecule has 0 aliphatic rings. The summed E-state index contributed by atoms with van der Waals surface area (Å²) in [7, 11) is 0. The second-order valence-electron chi connectivity index (χ2n) is 4.88. The highest BCUT2D eigenvalue weighted by molar-refractivity contribution is 7.98. The smallest absolute Gasteiger partial charge is 0.221 e. The zero-order chi connectivity index (χ0) is 16.4. The molecule has 0 saturated carbocycles. The summed E-state index contributed by atoms with van der Waals surface area (Å²) in [5, 5.41) is 18.4. The molecule has 1 aromatic heterocycles. The van der Waals surface area contributed by atoms with Crippen LogP contribution in [0.2, 0.25) is 0 Å². The predicted molar refractivity (Wildman–Crippen MR) is 87.2 cm³/mol. The largest absolute Gasteiger partial charge is 0.493 e. The normalized spacial score (nSPS) is 10.9. The highest BCUT2D eigenvalue weighted by atomic mass is 32.2. The van der Waals surface area contributed by atoms with Crippen LogP contribution in [0.1, 0.15) is 11.1 Å². The number of nitrogens with one attached hydrogen (secondary N) is 1. The van der Waals surface area contributed by atoms with E-state index in [1.807, 2.05) is 0 Å². The van der Waals surface area contributed by atoms with E-state index in [0.717, 1.165) is 11.8 Å². The van der Waals surface area contributed by atoms with Gasteiger partial charge in [-0.3, -0.25) is 0 Å². The Morgan fingerprint density at radius 3 is 2.70 bits per heavy atom. The van der Waals surface area contributed by atoms with E-state index in [4.69, 9.17) is 5.41 Å². The highest BCUT2D eigenvalue weighted by Gasteiger charge is 2.15. The van der Waals surface area contributed by atoms with Crippen molar-refractivity contribution in [2.75, 3.05) is 0 Å². The number of rotatable bonds is 4. The molecule has 3 rings (SSSR count). The Morgan fingerprint density at radius 2 is 1.96 bits per heavy atom. The number of thioether (sulfide) groups is 1. The molecule has 0 fully saturated rings. The van der Waals surface area contributed by atoms with Gasteiger partial charge in [0, 0.05) is 22.7 Å². The summed E-state index contributed by atoms with van der Waals surface area (Å²) < 4.78 is 27.3. The predicted octanol–water partition coefficient (Wildman–Crippen LogP) is 4.51. The number of benzene rings is 2. The summed E-state index contributed by atoms with van der Waals surface area (Å²) in [6, 6.07) is 10.7. The van der Waals surface area contributed by atoms with Crippen molar-refractivity contribution in [1.82, 2.24) is 4.98 Å². The Morgan fingerprint density at radius 1 is 1.17 bits per heavy atom. The zero-order valence-corrected chi connectivity index (χ0v) is 12.7. The van der Waals surface area contributed by atoms with Crippen LogP contribution in [0.15, 0.2) is 47.5 Å². The molecule has 0 aliphatic heterocycles.